The van der Waals surface area contributed by atoms with Crippen molar-refractivity contribution in [2.24, 2.45) is 16.8 Å². The van der Waals surface area contributed by atoms with Gasteiger partial charge in [-0.25, -0.2) is 4.79 Å². The highest BCUT2D eigenvalue weighted by atomic mass is 16.2. The van der Waals surface area contributed by atoms with Crippen molar-refractivity contribution in [3.63, 3.8) is 0 Å². The van der Waals surface area contributed by atoms with Crippen molar-refractivity contribution in [2.45, 2.75) is 20.4 Å². The van der Waals surface area contributed by atoms with Crippen molar-refractivity contribution in [2.75, 3.05) is 25.5 Å². The minimum absolute atomic E-state index is 0.135. The van der Waals surface area contributed by atoms with Gasteiger partial charge in [0.05, 0.1) is 18.2 Å². The molecule has 2 aromatic carbocycles. The Balaban J connectivity index is 1.60. The number of carbonyl (C=O) groups is 1. The van der Waals surface area contributed by atoms with Crippen molar-refractivity contribution in [1.82, 2.24) is 14.8 Å². The molecule has 1 aliphatic heterocycles. The van der Waals surface area contributed by atoms with E-state index in [2.05, 4.69) is 48.4 Å². The number of anilines is 1. The molecule has 1 atom stereocenters. The predicted molar refractivity (Wildman–Crippen MR) is 142 cm³/mol. The predicted octanol–water partition coefficient (Wildman–Crippen LogP) is 5.38. The van der Waals surface area contributed by atoms with Gasteiger partial charge in [-0.15, -0.1) is 0 Å². The van der Waals surface area contributed by atoms with Gasteiger partial charge in [0, 0.05) is 37.6 Å². The molecule has 0 saturated carbocycles. The Morgan fingerprint density at radius 2 is 1.80 bits per heavy atom. The topological polar surface area (TPSA) is 84.7 Å². The summed E-state index contributed by atoms with van der Waals surface area (Å²) in [7, 11) is 1.78. The Kier molecular flexibility index (Phi) is 7.55. The lowest BCUT2D eigenvalue weighted by molar-refractivity contribution is 0.168. The van der Waals surface area contributed by atoms with Gasteiger partial charge in [0.2, 0.25) is 0 Å². The Hall–Kier alpha value is -4.00. The minimum Gasteiger partial charge on any atom is -0.343 e. The average molecular weight is 469 g/mol. The molecule has 1 unspecified atom stereocenters. The van der Waals surface area contributed by atoms with E-state index in [1.54, 1.807) is 23.0 Å². The Bertz CT molecular complexity index is 1180. The lowest BCUT2D eigenvalue weighted by Crippen LogP contribution is -2.58. The zero-order valence-electron chi connectivity index (χ0n) is 20.5. The second-order valence-electron chi connectivity index (χ2n) is 9.21. The Morgan fingerprint density at radius 3 is 2.46 bits per heavy atom. The van der Waals surface area contributed by atoms with Gasteiger partial charge in [-0.2, -0.15) is 0 Å². The molecule has 0 radical (unpaired) electrons. The first-order valence-corrected chi connectivity index (χ1v) is 11.9. The fourth-order valence-electron chi connectivity index (χ4n) is 4.09. The van der Waals surface area contributed by atoms with E-state index in [-0.39, 0.29) is 23.7 Å². The zero-order chi connectivity index (χ0) is 24.8. The fourth-order valence-corrected chi connectivity index (χ4v) is 4.09. The number of benzene rings is 2. The third-order valence-corrected chi connectivity index (χ3v) is 5.91. The van der Waals surface area contributed by atoms with Crippen molar-refractivity contribution in [3.8, 4) is 11.3 Å². The summed E-state index contributed by atoms with van der Waals surface area (Å²) in [6.07, 6.45) is 1.79. The summed E-state index contributed by atoms with van der Waals surface area (Å²) >= 11 is 0. The molecule has 7 nitrogen and oxygen atoms in total. The monoisotopic (exact) mass is 468 g/mol. The highest BCUT2D eigenvalue weighted by molar-refractivity contribution is 6.15. The van der Waals surface area contributed by atoms with Gasteiger partial charge >= 0.3 is 6.03 Å². The van der Waals surface area contributed by atoms with Crippen LogP contribution in [0.2, 0.25) is 0 Å². The fraction of sp³-hybridized carbons (Fsp3) is 0.286. The molecule has 0 aliphatic carbocycles. The molecule has 0 spiro atoms. The number of aromatic nitrogens is 1. The average Bonchev–Trinajstić information content (AvgIpc) is 2.88. The molecule has 7 heteroatoms. The van der Waals surface area contributed by atoms with Gasteiger partial charge in [-0.1, -0.05) is 62.4 Å². The molecule has 1 aliphatic rings. The van der Waals surface area contributed by atoms with Crippen molar-refractivity contribution >= 4 is 23.4 Å². The van der Waals surface area contributed by atoms with Crippen LogP contribution in [0.25, 0.3) is 11.3 Å². The second-order valence-corrected chi connectivity index (χ2v) is 9.21. The van der Waals surface area contributed by atoms with Gasteiger partial charge in [0.25, 0.3) is 0 Å². The lowest BCUT2D eigenvalue weighted by Gasteiger charge is -2.40. The van der Waals surface area contributed by atoms with Crippen LogP contribution in [0.3, 0.4) is 0 Å². The maximum atomic E-state index is 12.8. The van der Waals surface area contributed by atoms with Gasteiger partial charge in [-0.3, -0.25) is 20.3 Å². The van der Waals surface area contributed by atoms with Gasteiger partial charge in [-0.05, 0) is 35.7 Å². The summed E-state index contributed by atoms with van der Waals surface area (Å²) in [5.74, 6) is 0.883. The molecule has 4 rings (SSSR count). The summed E-state index contributed by atoms with van der Waals surface area (Å²) < 4.78 is 0. The van der Waals surface area contributed by atoms with E-state index >= 15 is 0 Å². The third kappa shape index (κ3) is 5.93. The highest BCUT2D eigenvalue weighted by Crippen LogP contribution is 2.22. The highest BCUT2D eigenvalue weighted by Gasteiger charge is 2.37. The molecule has 180 valence electrons. The number of nitrogens with one attached hydrogen (secondary N) is 2. The number of rotatable bonds is 7. The first-order valence-electron chi connectivity index (χ1n) is 11.9. The number of nitrogens with zero attached hydrogens (tertiary/aromatic N) is 4. The number of carbonyl (C=O) groups excluding carboxylic acids is 1. The first-order chi connectivity index (χ1) is 16.9. The van der Waals surface area contributed by atoms with E-state index < -0.39 is 0 Å². The summed E-state index contributed by atoms with van der Waals surface area (Å²) in [6.45, 7) is 5.48. The Labute approximate surface area is 207 Å². The second kappa shape index (κ2) is 11.0. The maximum absolute atomic E-state index is 12.8. The summed E-state index contributed by atoms with van der Waals surface area (Å²) in [5, 5.41) is 12.3. The molecule has 1 aromatic heterocycles. The number of amides is 2. The summed E-state index contributed by atoms with van der Waals surface area (Å²) in [4.78, 5) is 25.4. The summed E-state index contributed by atoms with van der Waals surface area (Å²) in [6, 6.07) is 23.8. The SMILES string of the molecule is CC(C)CN1C(=N)C(C(=NCc2ccc(-c3ccccn3)cc2)Nc2ccccc2)CN(C)C1=O. The van der Waals surface area contributed by atoms with E-state index in [0.717, 1.165) is 22.5 Å². The normalized spacial score (nSPS) is 16.7. The molecule has 35 heavy (non-hydrogen) atoms. The lowest BCUT2D eigenvalue weighted by atomic mass is 10.0. The molecular formula is C28H32N6O. The number of aliphatic imine (C=N–C) groups is 1. The van der Waals surface area contributed by atoms with Crippen molar-refractivity contribution in [1.29, 1.82) is 5.41 Å². The summed E-state index contributed by atoms with van der Waals surface area (Å²) in [5.41, 5.74) is 3.95. The third-order valence-electron chi connectivity index (χ3n) is 5.91. The molecule has 2 heterocycles. The van der Waals surface area contributed by atoms with Crippen LogP contribution >= 0.6 is 0 Å². The zero-order valence-corrected chi connectivity index (χ0v) is 20.5. The number of hydrogen-bond donors (Lipinski definition) is 2. The number of para-hydroxylation sites is 1. The van der Waals surface area contributed by atoms with E-state index in [9.17, 15) is 4.79 Å². The van der Waals surface area contributed by atoms with Crippen LogP contribution in [0.4, 0.5) is 10.5 Å². The van der Waals surface area contributed by atoms with Gasteiger partial charge in [0.1, 0.15) is 11.7 Å². The largest absolute Gasteiger partial charge is 0.343 e. The molecule has 2 amide bonds. The van der Waals surface area contributed by atoms with Crippen LogP contribution in [0, 0.1) is 17.2 Å². The molecule has 1 fully saturated rings. The first kappa shape index (κ1) is 24.1. The van der Waals surface area contributed by atoms with Crippen molar-refractivity contribution in [3.05, 3.63) is 84.6 Å². The van der Waals surface area contributed by atoms with Crippen LogP contribution in [0.5, 0.6) is 0 Å². The Morgan fingerprint density at radius 1 is 1.09 bits per heavy atom. The van der Waals surface area contributed by atoms with E-state index in [1.165, 1.54) is 0 Å². The van der Waals surface area contributed by atoms with Crippen LogP contribution < -0.4 is 5.32 Å². The van der Waals surface area contributed by atoms with Gasteiger partial charge < -0.3 is 10.2 Å². The van der Waals surface area contributed by atoms with E-state index in [4.69, 9.17) is 10.4 Å². The number of amidine groups is 2. The van der Waals surface area contributed by atoms with Crippen LogP contribution in [-0.2, 0) is 6.54 Å². The van der Waals surface area contributed by atoms with Crippen molar-refractivity contribution < 1.29 is 4.79 Å². The standard InChI is InChI=1S/C28H32N6O/c1-20(2)18-34-26(29)24(19-33(3)28(34)35)27(32-23-9-5-4-6-10-23)31-17-21-12-14-22(15-13-21)25-11-7-8-16-30-25/h4-16,20,24,29H,17-19H2,1-3H3,(H,31,32). The number of hydrogen-bond acceptors (Lipinski definition) is 4. The van der Waals surface area contributed by atoms with E-state index in [1.807, 2.05) is 48.5 Å². The van der Waals surface area contributed by atoms with Crippen LogP contribution in [-0.4, -0.2) is 52.6 Å². The number of pyridine rings is 1. The molecule has 0 bridgehead atoms. The molecule has 3 aromatic rings. The molecule has 2 N–H and O–H groups in total. The van der Waals surface area contributed by atoms with Crippen LogP contribution in [0.1, 0.15) is 19.4 Å². The maximum Gasteiger partial charge on any atom is 0.325 e. The van der Waals surface area contributed by atoms with Gasteiger partial charge in [0.15, 0.2) is 0 Å². The minimum atomic E-state index is -0.343. The number of urea groups is 1. The van der Waals surface area contributed by atoms with Crippen LogP contribution in [0.15, 0.2) is 84.0 Å². The molecule has 1 saturated heterocycles. The smallest absolute Gasteiger partial charge is 0.325 e. The quantitative estimate of drug-likeness (QED) is 0.361. The van der Waals surface area contributed by atoms with E-state index in [0.29, 0.717) is 25.5 Å². The molecular weight excluding hydrogens is 436 g/mol.